The first-order valence-corrected chi connectivity index (χ1v) is 14.8. The van der Waals surface area contributed by atoms with E-state index in [9.17, 15) is 4.39 Å². The number of aromatic nitrogens is 2. The summed E-state index contributed by atoms with van der Waals surface area (Å²) in [4.78, 5) is 9.12. The highest BCUT2D eigenvalue weighted by atomic mass is 35.5. The summed E-state index contributed by atoms with van der Waals surface area (Å²) in [6.07, 6.45) is 5.38. The second-order valence-corrected chi connectivity index (χ2v) is 11.1. The minimum absolute atomic E-state index is 0.0265. The van der Waals surface area contributed by atoms with Gasteiger partial charge in [0.2, 0.25) is 0 Å². The van der Waals surface area contributed by atoms with E-state index in [2.05, 4.69) is 20.6 Å². The van der Waals surface area contributed by atoms with Gasteiger partial charge in [-0.25, -0.2) is 14.4 Å². The number of benzene rings is 3. The van der Waals surface area contributed by atoms with Crippen molar-refractivity contribution in [2.24, 2.45) is 5.92 Å². The van der Waals surface area contributed by atoms with E-state index in [0.717, 1.165) is 66.7 Å². The fourth-order valence-corrected chi connectivity index (χ4v) is 5.49. The van der Waals surface area contributed by atoms with Gasteiger partial charge in [-0.1, -0.05) is 23.7 Å². The average Bonchev–Trinajstić information content (AvgIpc) is 3.01. The molecule has 2 aliphatic heterocycles. The molecule has 0 aliphatic carbocycles. The molecule has 6 rings (SSSR count). The number of rotatable bonds is 10. The lowest BCUT2D eigenvalue weighted by Gasteiger charge is -2.25. The molecule has 3 aromatic carbocycles. The Kier molecular flexibility index (Phi) is 9.18. The highest BCUT2D eigenvalue weighted by Crippen LogP contribution is 2.38. The predicted molar refractivity (Wildman–Crippen MR) is 161 cm³/mol. The maximum absolute atomic E-state index is 13.5. The largest absolute Gasteiger partial charge is 0.493 e. The molecule has 0 amide bonds. The highest BCUT2D eigenvalue weighted by molar-refractivity contribution is 6.32. The fourth-order valence-electron chi connectivity index (χ4n) is 5.26. The van der Waals surface area contributed by atoms with Gasteiger partial charge in [-0.05, 0) is 67.7 Å². The second-order valence-electron chi connectivity index (χ2n) is 10.7. The molecule has 0 saturated carbocycles. The number of anilines is 2. The Balaban J connectivity index is 1.24. The van der Waals surface area contributed by atoms with Gasteiger partial charge in [0.1, 0.15) is 47.9 Å². The van der Waals surface area contributed by atoms with Gasteiger partial charge in [-0.2, -0.15) is 0 Å². The quantitative estimate of drug-likeness (QED) is 0.211. The summed E-state index contributed by atoms with van der Waals surface area (Å²) < 4.78 is 37.7. The van der Waals surface area contributed by atoms with Crippen LogP contribution in [0.15, 0.2) is 60.9 Å². The van der Waals surface area contributed by atoms with E-state index in [1.807, 2.05) is 18.2 Å². The fraction of sp³-hybridized carbons (Fsp3) is 0.375. The number of fused-ring (bicyclic) bond motifs is 1. The zero-order valence-corrected chi connectivity index (χ0v) is 24.0. The molecule has 4 aromatic rings. The van der Waals surface area contributed by atoms with Crippen LogP contribution in [0.25, 0.3) is 10.9 Å². The Bertz CT molecular complexity index is 1510. The smallest absolute Gasteiger partial charge is 0.145 e. The summed E-state index contributed by atoms with van der Waals surface area (Å²) in [6, 6.07) is 15.6. The number of ether oxygens (including phenoxy) is 4. The third kappa shape index (κ3) is 7.21. The normalized spacial score (nSPS) is 16.3. The van der Waals surface area contributed by atoms with E-state index in [1.54, 1.807) is 24.3 Å². The molecular formula is C32H34ClFN4O4. The summed E-state index contributed by atoms with van der Waals surface area (Å²) in [5.74, 6) is 2.71. The lowest BCUT2D eigenvalue weighted by atomic mass is 9.99. The van der Waals surface area contributed by atoms with Gasteiger partial charge in [0.25, 0.3) is 0 Å². The first-order chi connectivity index (χ1) is 20.6. The Hall–Kier alpha value is -3.66. The van der Waals surface area contributed by atoms with Gasteiger partial charge in [0, 0.05) is 30.7 Å². The van der Waals surface area contributed by atoms with Crippen molar-refractivity contribution in [2.45, 2.75) is 38.4 Å². The monoisotopic (exact) mass is 592 g/mol. The van der Waals surface area contributed by atoms with E-state index < -0.39 is 0 Å². The van der Waals surface area contributed by atoms with Crippen molar-refractivity contribution in [3.8, 4) is 17.2 Å². The molecule has 2 fully saturated rings. The molecule has 10 heteroatoms. The summed E-state index contributed by atoms with van der Waals surface area (Å²) in [5, 5.41) is 7.97. The van der Waals surface area contributed by atoms with Crippen molar-refractivity contribution < 1.29 is 23.3 Å². The van der Waals surface area contributed by atoms with Crippen molar-refractivity contribution in [3.05, 3.63) is 77.3 Å². The van der Waals surface area contributed by atoms with Gasteiger partial charge >= 0.3 is 0 Å². The zero-order chi connectivity index (χ0) is 28.7. The lowest BCUT2D eigenvalue weighted by Crippen LogP contribution is -2.30. The number of nitrogens with zero attached hydrogens (tertiary/aromatic N) is 2. The van der Waals surface area contributed by atoms with Crippen LogP contribution < -0.4 is 24.8 Å². The highest BCUT2D eigenvalue weighted by Gasteiger charge is 2.21. The predicted octanol–water partition coefficient (Wildman–Crippen LogP) is 6.68. The van der Waals surface area contributed by atoms with Crippen molar-refractivity contribution in [1.29, 1.82) is 0 Å². The average molecular weight is 593 g/mol. The number of hydrogen-bond acceptors (Lipinski definition) is 8. The summed E-state index contributed by atoms with van der Waals surface area (Å²) in [6.45, 7) is 4.25. The van der Waals surface area contributed by atoms with Gasteiger partial charge in [-0.15, -0.1) is 0 Å². The van der Waals surface area contributed by atoms with Crippen molar-refractivity contribution in [3.63, 3.8) is 0 Å². The summed E-state index contributed by atoms with van der Waals surface area (Å²) >= 11 is 6.56. The number of hydrogen-bond donors (Lipinski definition) is 2. The molecule has 0 bridgehead atoms. The number of piperidine rings is 1. The van der Waals surface area contributed by atoms with Crippen LogP contribution in [0.3, 0.4) is 0 Å². The molecule has 2 aliphatic rings. The maximum atomic E-state index is 13.5. The maximum Gasteiger partial charge on any atom is 0.145 e. The van der Waals surface area contributed by atoms with Gasteiger partial charge < -0.3 is 29.6 Å². The Morgan fingerprint density at radius 3 is 2.62 bits per heavy atom. The van der Waals surface area contributed by atoms with Crippen LogP contribution in [0.5, 0.6) is 17.2 Å². The molecule has 2 N–H and O–H groups in total. The first kappa shape index (κ1) is 28.5. The van der Waals surface area contributed by atoms with E-state index >= 15 is 0 Å². The van der Waals surface area contributed by atoms with Crippen molar-refractivity contribution in [2.75, 3.05) is 38.2 Å². The topological polar surface area (TPSA) is 86.8 Å². The standard InChI is InChI=1S/C32H34ClFN4O4/c33-27-15-24(4-5-29(27)41-19-22-2-1-3-23(34)14-22)38-32-31-28(36-20-37-32)16-26(40-18-21-6-10-35-11-7-21)17-30(31)42-25-8-12-39-13-9-25/h1-5,14-17,20-21,25,35H,6-13,18-19H2,(H,36,37,38). The van der Waals surface area contributed by atoms with E-state index in [-0.39, 0.29) is 18.5 Å². The number of nitrogens with one attached hydrogen (secondary N) is 2. The molecule has 0 radical (unpaired) electrons. The molecule has 1 aromatic heterocycles. The second kappa shape index (κ2) is 13.5. The summed E-state index contributed by atoms with van der Waals surface area (Å²) in [7, 11) is 0. The molecular weight excluding hydrogens is 559 g/mol. The minimum Gasteiger partial charge on any atom is -0.493 e. The van der Waals surface area contributed by atoms with Crippen molar-refractivity contribution >= 4 is 34.0 Å². The summed E-state index contributed by atoms with van der Waals surface area (Å²) in [5.41, 5.74) is 2.16. The Labute approximate surface area is 249 Å². The van der Waals surface area contributed by atoms with E-state index in [1.165, 1.54) is 18.5 Å². The van der Waals surface area contributed by atoms with Crippen LogP contribution in [0.2, 0.25) is 5.02 Å². The van der Waals surface area contributed by atoms with Gasteiger partial charge in [0.15, 0.2) is 0 Å². The van der Waals surface area contributed by atoms with E-state index in [4.69, 9.17) is 30.5 Å². The third-order valence-electron chi connectivity index (χ3n) is 7.56. The van der Waals surface area contributed by atoms with Crippen LogP contribution in [0.1, 0.15) is 31.2 Å². The number of halogens is 2. The van der Waals surface area contributed by atoms with Gasteiger partial charge in [-0.3, -0.25) is 0 Å². The van der Waals surface area contributed by atoms with Crippen molar-refractivity contribution in [1.82, 2.24) is 15.3 Å². The molecule has 0 atom stereocenters. The van der Waals surface area contributed by atoms with Crippen LogP contribution in [-0.2, 0) is 11.3 Å². The Morgan fingerprint density at radius 1 is 0.952 bits per heavy atom. The first-order valence-electron chi connectivity index (χ1n) is 14.4. The van der Waals surface area contributed by atoms with Crippen LogP contribution in [0, 0.1) is 11.7 Å². The van der Waals surface area contributed by atoms with E-state index in [0.29, 0.717) is 48.1 Å². The van der Waals surface area contributed by atoms with Crippen LogP contribution in [0.4, 0.5) is 15.9 Å². The molecule has 2 saturated heterocycles. The van der Waals surface area contributed by atoms with Crippen LogP contribution in [-0.4, -0.2) is 49.0 Å². The molecule has 3 heterocycles. The lowest BCUT2D eigenvalue weighted by molar-refractivity contribution is 0.0261. The molecule has 0 unspecified atom stereocenters. The van der Waals surface area contributed by atoms with Gasteiger partial charge in [0.05, 0.1) is 35.7 Å². The third-order valence-corrected chi connectivity index (χ3v) is 7.86. The SMILES string of the molecule is Fc1cccc(COc2ccc(Nc3ncnc4cc(OCC5CCNCC5)cc(OC5CCOCC5)c34)cc2Cl)c1. The molecule has 0 spiro atoms. The Morgan fingerprint density at radius 2 is 1.81 bits per heavy atom. The minimum atomic E-state index is -0.306. The molecule has 42 heavy (non-hydrogen) atoms. The molecule has 8 nitrogen and oxygen atoms in total. The molecule has 220 valence electrons. The zero-order valence-electron chi connectivity index (χ0n) is 23.3. The van der Waals surface area contributed by atoms with Crippen LogP contribution >= 0.6 is 11.6 Å².